The summed E-state index contributed by atoms with van der Waals surface area (Å²) in [4.78, 5) is 16.6. The third-order valence-corrected chi connectivity index (χ3v) is 3.86. The van der Waals surface area contributed by atoms with E-state index >= 15 is 0 Å². The summed E-state index contributed by atoms with van der Waals surface area (Å²) in [5, 5.41) is 6.88. The Balaban J connectivity index is 1.58. The molecular weight excluding hydrogens is 282 g/mol. The predicted molar refractivity (Wildman–Crippen MR) is 78.0 cm³/mol. The monoisotopic (exact) mass is 295 g/mol. The van der Waals surface area contributed by atoms with Crippen molar-refractivity contribution in [3.63, 3.8) is 0 Å². The molecule has 0 radical (unpaired) electrons. The number of hydrogen-bond acceptors (Lipinski definition) is 5. The van der Waals surface area contributed by atoms with Crippen LogP contribution in [0.3, 0.4) is 0 Å². The van der Waals surface area contributed by atoms with Gasteiger partial charge in [-0.1, -0.05) is 11.2 Å². The molecule has 1 aliphatic carbocycles. The zero-order chi connectivity index (χ0) is 15.0. The van der Waals surface area contributed by atoms with E-state index in [1.165, 1.54) is 0 Å². The van der Waals surface area contributed by atoms with E-state index in [0.717, 1.165) is 12.8 Å². The average Bonchev–Trinajstić information content (AvgIpc) is 2.98. The Kier molecular flexibility index (Phi) is 2.82. The van der Waals surface area contributed by atoms with Crippen LogP contribution in [0.4, 0.5) is 5.82 Å². The number of aromatic nitrogens is 2. The molecule has 6 heteroatoms. The Labute approximate surface area is 126 Å². The smallest absolute Gasteiger partial charge is 0.237 e. The summed E-state index contributed by atoms with van der Waals surface area (Å²) in [6, 6.07) is 10.7. The van der Waals surface area contributed by atoms with Gasteiger partial charge in [-0.25, -0.2) is 4.98 Å². The summed E-state index contributed by atoms with van der Waals surface area (Å²) in [6.07, 6.45) is 4.70. The molecule has 1 aliphatic rings. The molecule has 0 aliphatic heterocycles. The van der Waals surface area contributed by atoms with E-state index < -0.39 is 5.41 Å². The van der Waals surface area contributed by atoms with Crippen molar-refractivity contribution >= 4 is 11.7 Å². The Bertz CT molecular complexity index is 789. The Morgan fingerprint density at radius 2 is 2.09 bits per heavy atom. The SMILES string of the molecule is O=C(Nc1ccccn1)C1(c2cc(-c3ccco3)on2)CC1. The highest BCUT2D eigenvalue weighted by molar-refractivity contribution is 6.00. The molecule has 0 unspecified atom stereocenters. The number of anilines is 1. The highest BCUT2D eigenvalue weighted by Crippen LogP contribution is 2.49. The molecule has 0 saturated heterocycles. The molecule has 0 bridgehead atoms. The minimum Gasteiger partial charge on any atom is -0.461 e. The molecule has 110 valence electrons. The quantitative estimate of drug-likeness (QED) is 0.800. The number of amides is 1. The van der Waals surface area contributed by atoms with E-state index in [4.69, 9.17) is 8.94 Å². The fraction of sp³-hybridized carbons (Fsp3) is 0.188. The van der Waals surface area contributed by atoms with E-state index in [1.807, 2.05) is 6.07 Å². The summed E-state index contributed by atoms with van der Waals surface area (Å²) < 4.78 is 10.6. The lowest BCUT2D eigenvalue weighted by Gasteiger charge is -2.11. The first kappa shape index (κ1) is 12.8. The second-order valence-corrected chi connectivity index (χ2v) is 5.30. The molecule has 6 nitrogen and oxygen atoms in total. The fourth-order valence-corrected chi connectivity index (χ4v) is 2.43. The maximum atomic E-state index is 12.5. The van der Waals surface area contributed by atoms with Gasteiger partial charge in [-0.05, 0) is 37.1 Å². The predicted octanol–water partition coefficient (Wildman–Crippen LogP) is 3.00. The van der Waals surface area contributed by atoms with E-state index in [0.29, 0.717) is 23.0 Å². The van der Waals surface area contributed by atoms with Crippen LogP contribution in [0.1, 0.15) is 18.5 Å². The van der Waals surface area contributed by atoms with Gasteiger partial charge in [-0.15, -0.1) is 0 Å². The molecular formula is C16H13N3O3. The lowest BCUT2D eigenvalue weighted by molar-refractivity contribution is -0.118. The van der Waals surface area contributed by atoms with Crippen LogP contribution in [-0.2, 0) is 10.2 Å². The molecule has 0 spiro atoms. The topological polar surface area (TPSA) is 81.2 Å². The second-order valence-electron chi connectivity index (χ2n) is 5.30. The third kappa shape index (κ3) is 2.09. The Hall–Kier alpha value is -2.89. The number of carbonyl (C=O) groups excluding carboxylic acids is 1. The zero-order valence-electron chi connectivity index (χ0n) is 11.7. The van der Waals surface area contributed by atoms with Gasteiger partial charge < -0.3 is 14.3 Å². The van der Waals surface area contributed by atoms with Crippen LogP contribution < -0.4 is 5.32 Å². The van der Waals surface area contributed by atoms with Gasteiger partial charge in [0.1, 0.15) is 5.82 Å². The van der Waals surface area contributed by atoms with Gasteiger partial charge in [-0.3, -0.25) is 4.79 Å². The summed E-state index contributed by atoms with van der Waals surface area (Å²) >= 11 is 0. The minimum atomic E-state index is -0.619. The first-order chi connectivity index (χ1) is 10.8. The van der Waals surface area contributed by atoms with Crippen LogP contribution in [-0.4, -0.2) is 16.0 Å². The molecule has 3 aromatic heterocycles. The number of pyridine rings is 1. The van der Waals surface area contributed by atoms with Crippen molar-refractivity contribution < 1.29 is 13.7 Å². The van der Waals surface area contributed by atoms with Crippen molar-refractivity contribution in [1.82, 2.24) is 10.1 Å². The van der Waals surface area contributed by atoms with Crippen molar-refractivity contribution in [2.75, 3.05) is 5.32 Å². The Morgan fingerprint density at radius 3 is 2.77 bits per heavy atom. The van der Waals surface area contributed by atoms with Gasteiger partial charge in [-0.2, -0.15) is 0 Å². The molecule has 3 aromatic rings. The number of hydrogen-bond donors (Lipinski definition) is 1. The Morgan fingerprint density at radius 1 is 1.18 bits per heavy atom. The van der Waals surface area contributed by atoms with Crippen LogP contribution in [0.25, 0.3) is 11.5 Å². The maximum Gasteiger partial charge on any atom is 0.237 e. The summed E-state index contributed by atoms with van der Waals surface area (Å²) in [7, 11) is 0. The largest absolute Gasteiger partial charge is 0.461 e. The number of nitrogens with zero attached hydrogens (tertiary/aromatic N) is 2. The maximum absolute atomic E-state index is 12.5. The van der Waals surface area contributed by atoms with Crippen LogP contribution in [0.15, 0.2) is 57.8 Å². The lowest BCUT2D eigenvalue weighted by Crippen LogP contribution is -2.28. The second kappa shape index (κ2) is 4.84. The van der Waals surface area contributed by atoms with Crippen molar-refractivity contribution in [3.05, 3.63) is 54.6 Å². The van der Waals surface area contributed by atoms with E-state index in [-0.39, 0.29) is 5.91 Å². The molecule has 3 heterocycles. The van der Waals surface area contributed by atoms with Gasteiger partial charge in [0.2, 0.25) is 11.7 Å². The molecule has 1 fully saturated rings. The van der Waals surface area contributed by atoms with Crippen LogP contribution in [0.5, 0.6) is 0 Å². The van der Waals surface area contributed by atoms with Crippen LogP contribution >= 0.6 is 0 Å². The van der Waals surface area contributed by atoms with Gasteiger partial charge in [0.15, 0.2) is 5.76 Å². The molecule has 0 atom stereocenters. The van der Waals surface area contributed by atoms with Gasteiger partial charge in [0, 0.05) is 12.3 Å². The number of furan rings is 1. The van der Waals surface area contributed by atoms with Crippen molar-refractivity contribution in [2.45, 2.75) is 18.3 Å². The fourth-order valence-electron chi connectivity index (χ4n) is 2.43. The molecule has 0 aromatic carbocycles. The molecule has 1 amide bonds. The number of nitrogens with one attached hydrogen (secondary N) is 1. The minimum absolute atomic E-state index is 0.106. The molecule has 22 heavy (non-hydrogen) atoms. The molecule has 1 saturated carbocycles. The lowest BCUT2D eigenvalue weighted by atomic mass is 10.0. The highest BCUT2D eigenvalue weighted by atomic mass is 16.5. The summed E-state index contributed by atoms with van der Waals surface area (Å²) in [6.45, 7) is 0. The van der Waals surface area contributed by atoms with Gasteiger partial charge in [0.05, 0.1) is 17.4 Å². The third-order valence-electron chi connectivity index (χ3n) is 3.86. The summed E-state index contributed by atoms with van der Waals surface area (Å²) in [5.74, 6) is 1.55. The molecule has 4 rings (SSSR count). The standard InChI is InChI=1S/C16H13N3O3/c20-15(18-14-5-1-2-8-17-14)16(6-7-16)13-10-12(22-19-13)11-4-3-9-21-11/h1-5,8-10H,6-7H2,(H,17,18,20). The number of rotatable bonds is 4. The van der Waals surface area contributed by atoms with Crippen LogP contribution in [0, 0.1) is 0 Å². The first-order valence-electron chi connectivity index (χ1n) is 7.01. The van der Waals surface area contributed by atoms with Crippen molar-refractivity contribution in [1.29, 1.82) is 0 Å². The van der Waals surface area contributed by atoms with E-state index in [1.54, 1.807) is 42.8 Å². The van der Waals surface area contributed by atoms with E-state index in [9.17, 15) is 4.79 Å². The average molecular weight is 295 g/mol. The zero-order valence-corrected chi connectivity index (χ0v) is 11.7. The normalized spacial score (nSPS) is 15.5. The highest BCUT2D eigenvalue weighted by Gasteiger charge is 2.54. The van der Waals surface area contributed by atoms with Crippen LogP contribution in [0.2, 0.25) is 0 Å². The summed E-state index contributed by atoms with van der Waals surface area (Å²) in [5.41, 5.74) is 0.0126. The first-order valence-corrected chi connectivity index (χ1v) is 7.01. The van der Waals surface area contributed by atoms with E-state index in [2.05, 4.69) is 15.5 Å². The van der Waals surface area contributed by atoms with Crippen molar-refractivity contribution in [2.24, 2.45) is 0 Å². The van der Waals surface area contributed by atoms with Gasteiger partial charge in [0.25, 0.3) is 0 Å². The number of carbonyl (C=O) groups is 1. The van der Waals surface area contributed by atoms with Crippen molar-refractivity contribution in [3.8, 4) is 11.5 Å². The molecule has 1 N–H and O–H groups in total. The van der Waals surface area contributed by atoms with Gasteiger partial charge >= 0.3 is 0 Å².